The van der Waals surface area contributed by atoms with Gasteiger partial charge in [0.2, 0.25) is 0 Å². The Morgan fingerprint density at radius 2 is 0.982 bits per heavy atom. The molecule has 0 N–H and O–H groups in total. The van der Waals surface area contributed by atoms with E-state index in [9.17, 15) is 4.79 Å². The molecule has 13 nitrogen and oxygen atoms in total. The van der Waals surface area contributed by atoms with E-state index in [0.29, 0.717) is 51.2 Å². The molecule has 5 aromatic carbocycles. The molecule has 0 aliphatic heterocycles. The highest BCUT2D eigenvalue weighted by atomic mass is 16.7. The molecular weight excluding hydrogens is 727 g/mol. The van der Waals surface area contributed by atoms with E-state index in [1.165, 1.54) is 12.4 Å². The molecule has 7 rings (SSSR count). The third kappa shape index (κ3) is 8.63. The van der Waals surface area contributed by atoms with E-state index < -0.39 is 5.97 Å². The van der Waals surface area contributed by atoms with Crippen LogP contribution >= 0.6 is 0 Å². The van der Waals surface area contributed by atoms with Gasteiger partial charge in [0.15, 0.2) is 0 Å². The van der Waals surface area contributed by atoms with Gasteiger partial charge in [-0.3, -0.25) is 0 Å². The minimum atomic E-state index is -0.897. The summed E-state index contributed by atoms with van der Waals surface area (Å²) in [7, 11) is 6.25. The van der Waals surface area contributed by atoms with Crippen LogP contribution < -0.4 is 28.4 Å². The highest BCUT2D eigenvalue weighted by Gasteiger charge is 2.25. The maximum atomic E-state index is 14.3. The number of ether oxygens (including phenoxy) is 6. The van der Waals surface area contributed by atoms with Crippen LogP contribution in [0.15, 0.2) is 145 Å². The molecule has 0 saturated heterocycles. The van der Waals surface area contributed by atoms with Crippen LogP contribution in [0.25, 0.3) is 22.5 Å². The van der Waals surface area contributed by atoms with Crippen molar-refractivity contribution in [2.75, 3.05) is 28.4 Å². The van der Waals surface area contributed by atoms with Crippen LogP contribution in [0, 0.1) is 0 Å². The van der Waals surface area contributed by atoms with Gasteiger partial charge >= 0.3 is 18.0 Å². The van der Waals surface area contributed by atoms with E-state index in [0.717, 1.165) is 11.1 Å². The topological polar surface area (TPSA) is 146 Å². The number of aromatic nitrogens is 4. The Morgan fingerprint density at radius 1 is 0.509 bits per heavy atom. The van der Waals surface area contributed by atoms with E-state index >= 15 is 0 Å². The lowest BCUT2D eigenvalue weighted by Crippen LogP contribution is -2.10. The minimum Gasteiger partial charge on any atom is -0.497 e. The SMILES string of the molecule is COc1ccc(-c2ccnc(Oc3cccc(Oc4nccc(-c5ccc(OC)cc5OC)n4)c3C(=O)ON=C(c3ccccc3)c3ccccc3)n2)c(OC)c1. The molecular formula is C44H35N5O8. The predicted molar refractivity (Wildman–Crippen MR) is 212 cm³/mol. The highest BCUT2D eigenvalue weighted by molar-refractivity contribution is 6.13. The summed E-state index contributed by atoms with van der Waals surface area (Å²) in [5.74, 6) is 1.41. The maximum absolute atomic E-state index is 14.3. The second-order valence-electron chi connectivity index (χ2n) is 12.0. The Labute approximate surface area is 328 Å². The summed E-state index contributed by atoms with van der Waals surface area (Å²) < 4.78 is 34.3. The van der Waals surface area contributed by atoms with Gasteiger partial charge in [0.05, 0.1) is 39.8 Å². The van der Waals surface area contributed by atoms with E-state index in [4.69, 9.17) is 33.3 Å². The van der Waals surface area contributed by atoms with Gasteiger partial charge in [-0.05, 0) is 48.5 Å². The molecule has 2 heterocycles. The summed E-state index contributed by atoms with van der Waals surface area (Å²) in [6.45, 7) is 0. The van der Waals surface area contributed by atoms with E-state index in [1.807, 2.05) is 72.8 Å². The van der Waals surface area contributed by atoms with Gasteiger partial charge in [-0.15, -0.1) is 0 Å². The van der Waals surface area contributed by atoms with Crippen LogP contribution in [0.5, 0.6) is 46.5 Å². The number of carbonyl (C=O) groups excluding carboxylic acids is 1. The molecule has 0 bridgehead atoms. The molecule has 2 aromatic heterocycles. The molecule has 284 valence electrons. The normalized spacial score (nSPS) is 10.5. The molecule has 0 aliphatic rings. The second kappa shape index (κ2) is 17.6. The molecule has 13 heteroatoms. The van der Waals surface area contributed by atoms with Gasteiger partial charge in [-0.1, -0.05) is 71.9 Å². The number of nitrogens with zero attached hydrogens (tertiary/aromatic N) is 5. The number of methoxy groups -OCH3 is 4. The fourth-order valence-electron chi connectivity index (χ4n) is 5.78. The van der Waals surface area contributed by atoms with Gasteiger partial charge in [-0.2, -0.15) is 9.97 Å². The summed E-state index contributed by atoms with van der Waals surface area (Å²) in [5.41, 5.74) is 4.08. The smallest absolute Gasteiger partial charge is 0.373 e. The first-order chi connectivity index (χ1) is 28.0. The Bertz CT molecular complexity index is 2370. The standard InChI is InChI=1S/C44H35N5O8/c1-51-30-18-20-32(38(26-30)53-3)34-22-24-45-43(47-34)55-36-16-11-17-37(56-44-46-25-23-35(48-44)33-21-19-31(52-2)27-39(33)54-4)40(36)42(50)57-49-41(28-12-7-5-8-13-28)29-14-9-6-10-15-29/h5-27H,1-4H3. The van der Waals surface area contributed by atoms with E-state index in [-0.39, 0.29) is 29.1 Å². The van der Waals surface area contributed by atoms with Crippen molar-refractivity contribution in [3.05, 3.63) is 156 Å². The lowest BCUT2D eigenvalue weighted by atomic mass is 10.0. The molecule has 0 amide bonds. The summed E-state index contributed by atoms with van der Waals surface area (Å²) in [5, 5.41) is 4.36. The average Bonchev–Trinajstić information content (AvgIpc) is 3.27. The fourth-order valence-corrected chi connectivity index (χ4v) is 5.78. The van der Waals surface area contributed by atoms with E-state index in [2.05, 4.69) is 25.1 Å². The maximum Gasteiger partial charge on any atom is 0.373 e. The molecule has 7 aromatic rings. The van der Waals surface area contributed by atoms with Gasteiger partial charge in [-0.25, -0.2) is 14.8 Å². The Kier molecular flexibility index (Phi) is 11.6. The second-order valence-corrected chi connectivity index (χ2v) is 12.0. The number of carbonyl (C=O) groups is 1. The van der Waals surface area contributed by atoms with Crippen molar-refractivity contribution >= 4 is 11.7 Å². The highest BCUT2D eigenvalue weighted by Crippen LogP contribution is 2.37. The van der Waals surface area contributed by atoms with Crippen molar-refractivity contribution in [2.45, 2.75) is 0 Å². The Balaban J connectivity index is 1.28. The Morgan fingerprint density at radius 3 is 1.42 bits per heavy atom. The van der Waals surface area contributed by atoms with Crippen LogP contribution in [0.3, 0.4) is 0 Å². The van der Waals surface area contributed by atoms with Crippen LogP contribution in [0.1, 0.15) is 21.5 Å². The van der Waals surface area contributed by atoms with Crippen molar-refractivity contribution in [1.82, 2.24) is 19.9 Å². The molecule has 0 aliphatic carbocycles. The predicted octanol–water partition coefficient (Wildman–Crippen LogP) is 8.83. The van der Waals surface area contributed by atoms with Gasteiger partial charge in [0.1, 0.15) is 45.8 Å². The van der Waals surface area contributed by atoms with Gasteiger partial charge in [0, 0.05) is 46.8 Å². The first-order valence-corrected chi connectivity index (χ1v) is 17.5. The zero-order valence-electron chi connectivity index (χ0n) is 31.3. The van der Waals surface area contributed by atoms with Crippen molar-refractivity contribution < 1.29 is 38.1 Å². The molecule has 0 atom stereocenters. The zero-order chi connectivity index (χ0) is 39.6. The van der Waals surface area contributed by atoms with Crippen LogP contribution in [-0.2, 0) is 4.84 Å². The number of rotatable bonds is 14. The Hall–Kier alpha value is -7.80. The third-order valence-electron chi connectivity index (χ3n) is 8.55. The van der Waals surface area contributed by atoms with E-state index in [1.54, 1.807) is 83.0 Å². The average molecular weight is 762 g/mol. The van der Waals surface area contributed by atoms with Gasteiger partial charge < -0.3 is 33.3 Å². The summed E-state index contributed by atoms with van der Waals surface area (Å²) in [6, 6.07) is 37.5. The third-order valence-corrected chi connectivity index (χ3v) is 8.55. The van der Waals surface area contributed by atoms with Crippen molar-refractivity contribution in [1.29, 1.82) is 0 Å². The summed E-state index contributed by atoms with van der Waals surface area (Å²) in [6.07, 6.45) is 3.06. The molecule has 0 spiro atoms. The lowest BCUT2D eigenvalue weighted by Gasteiger charge is -2.14. The molecule has 0 fully saturated rings. The molecule has 57 heavy (non-hydrogen) atoms. The molecule has 0 unspecified atom stereocenters. The fraction of sp³-hybridized carbons (Fsp3) is 0.0909. The van der Waals surface area contributed by atoms with Crippen molar-refractivity contribution in [2.24, 2.45) is 5.16 Å². The van der Waals surface area contributed by atoms with Crippen LogP contribution in [0.2, 0.25) is 0 Å². The van der Waals surface area contributed by atoms with Crippen molar-refractivity contribution in [3.8, 4) is 69.0 Å². The summed E-state index contributed by atoms with van der Waals surface area (Å²) >= 11 is 0. The minimum absolute atomic E-state index is 0.0143. The number of benzene rings is 5. The quantitative estimate of drug-likeness (QED) is 0.0593. The number of hydrogen-bond donors (Lipinski definition) is 0. The largest absolute Gasteiger partial charge is 0.497 e. The molecule has 0 saturated carbocycles. The van der Waals surface area contributed by atoms with Crippen LogP contribution in [-0.4, -0.2) is 60.1 Å². The van der Waals surface area contributed by atoms with Gasteiger partial charge in [0.25, 0.3) is 0 Å². The van der Waals surface area contributed by atoms with Crippen LogP contribution in [0.4, 0.5) is 0 Å². The lowest BCUT2D eigenvalue weighted by molar-refractivity contribution is 0.0511. The first-order valence-electron chi connectivity index (χ1n) is 17.5. The first kappa shape index (κ1) is 37.5. The monoisotopic (exact) mass is 761 g/mol. The van der Waals surface area contributed by atoms with Crippen molar-refractivity contribution in [3.63, 3.8) is 0 Å². The summed E-state index contributed by atoms with van der Waals surface area (Å²) in [4.78, 5) is 37.9. The molecule has 0 radical (unpaired) electrons. The number of oxime groups is 1. The number of hydrogen-bond acceptors (Lipinski definition) is 13. The zero-order valence-corrected chi connectivity index (χ0v) is 31.3.